The van der Waals surface area contributed by atoms with E-state index in [0.717, 1.165) is 33.6 Å². The molecule has 2 aliphatic rings. The zero-order valence-corrected chi connectivity index (χ0v) is 23.4. The maximum atomic E-state index is 13.8. The number of carbonyl (C=O) groups excluding carboxylic acids is 2. The summed E-state index contributed by atoms with van der Waals surface area (Å²) in [6, 6.07) is 23.8. The Kier molecular flexibility index (Phi) is 6.98. The van der Waals surface area contributed by atoms with Crippen molar-refractivity contribution in [2.75, 3.05) is 24.0 Å². The van der Waals surface area contributed by atoms with Crippen molar-refractivity contribution in [3.63, 3.8) is 0 Å². The van der Waals surface area contributed by atoms with E-state index in [1.165, 1.54) is 11.8 Å². The minimum atomic E-state index is -0.250. The second-order valence-corrected chi connectivity index (χ2v) is 11.3. The van der Waals surface area contributed by atoms with Crippen molar-refractivity contribution in [1.29, 1.82) is 0 Å². The number of ether oxygens (including phenoxy) is 2. The molecule has 2 amide bonds. The highest BCUT2D eigenvalue weighted by atomic mass is 32.2. The fraction of sp³-hybridized carbons (Fsp3) is 0.258. The molecule has 2 aliphatic heterocycles. The summed E-state index contributed by atoms with van der Waals surface area (Å²) >= 11 is 1.53. The van der Waals surface area contributed by atoms with Crippen LogP contribution in [0.1, 0.15) is 35.8 Å². The number of fused-ring (bicyclic) bond motifs is 2. The average Bonchev–Trinajstić information content (AvgIpc) is 3.54. The lowest BCUT2D eigenvalue weighted by Gasteiger charge is -2.24. The zero-order chi connectivity index (χ0) is 27.8. The van der Waals surface area contributed by atoms with Crippen molar-refractivity contribution >= 4 is 29.4 Å². The van der Waals surface area contributed by atoms with Gasteiger partial charge in [0.1, 0.15) is 12.4 Å². The van der Waals surface area contributed by atoms with Crippen molar-refractivity contribution in [3.05, 3.63) is 89.5 Å². The van der Waals surface area contributed by atoms with Crippen molar-refractivity contribution < 1.29 is 19.1 Å². The molecule has 6 rings (SSSR count). The van der Waals surface area contributed by atoms with E-state index in [0.29, 0.717) is 17.3 Å². The summed E-state index contributed by atoms with van der Waals surface area (Å²) in [5, 5.41) is 7.83. The second-order valence-electron chi connectivity index (χ2n) is 10.2. The van der Waals surface area contributed by atoms with Crippen LogP contribution < -0.4 is 19.7 Å². The Morgan fingerprint density at radius 2 is 1.85 bits per heavy atom. The predicted molar refractivity (Wildman–Crippen MR) is 156 cm³/mol. The van der Waals surface area contributed by atoms with Crippen LogP contribution >= 0.6 is 11.8 Å². The van der Waals surface area contributed by atoms with E-state index in [4.69, 9.17) is 14.6 Å². The third-order valence-corrected chi connectivity index (χ3v) is 8.09. The highest BCUT2D eigenvalue weighted by molar-refractivity contribution is 8.00. The number of nitrogens with one attached hydrogen (secondary N) is 1. The lowest BCUT2D eigenvalue weighted by molar-refractivity contribution is -0.123. The molecule has 3 aromatic carbocycles. The Bertz CT molecular complexity index is 1580. The number of amides is 2. The number of anilines is 1. The van der Waals surface area contributed by atoms with Gasteiger partial charge in [0.15, 0.2) is 11.5 Å². The Balaban J connectivity index is 1.61. The summed E-state index contributed by atoms with van der Waals surface area (Å²) in [5.41, 5.74) is 5.41. The van der Waals surface area contributed by atoms with Gasteiger partial charge in [-0.25, -0.2) is 4.68 Å². The van der Waals surface area contributed by atoms with Crippen LogP contribution in [-0.2, 0) is 9.59 Å². The number of carbonyl (C=O) groups is 2. The van der Waals surface area contributed by atoms with E-state index in [1.807, 2.05) is 98.2 Å². The van der Waals surface area contributed by atoms with Gasteiger partial charge >= 0.3 is 0 Å². The first kappa shape index (κ1) is 26.0. The topological polar surface area (TPSA) is 85.7 Å². The van der Waals surface area contributed by atoms with Crippen LogP contribution in [0.5, 0.6) is 11.5 Å². The second kappa shape index (κ2) is 10.7. The van der Waals surface area contributed by atoms with Crippen LogP contribution in [0, 0.1) is 6.92 Å². The number of aromatic nitrogens is 2. The van der Waals surface area contributed by atoms with Gasteiger partial charge in [0.2, 0.25) is 18.6 Å². The molecular weight excluding hydrogens is 524 g/mol. The van der Waals surface area contributed by atoms with Crippen molar-refractivity contribution in [2.24, 2.45) is 0 Å². The number of hydrogen-bond acceptors (Lipinski definition) is 6. The summed E-state index contributed by atoms with van der Waals surface area (Å²) in [5.74, 6) is 1.80. The normalized spacial score (nSPS) is 16.1. The van der Waals surface area contributed by atoms with Crippen LogP contribution in [-0.4, -0.2) is 46.7 Å². The van der Waals surface area contributed by atoms with Gasteiger partial charge < -0.3 is 14.8 Å². The van der Waals surface area contributed by atoms with Gasteiger partial charge in [0.25, 0.3) is 0 Å². The van der Waals surface area contributed by atoms with Gasteiger partial charge in [-0.2, -0.15) is 5.10 Å². The molecule has 4 aromatic rings. The molecule has 8 nitrogen and oxygen atoms in total. The molecule has 3 heterocycles. The minimum absolute atomic E-state index is 0.0497. The number of benzene rings is 3. The number of nitrogens with zero attached hydrogens (tertiary/aromatic N) is 3. The first-order valence-corrected chi connectivity index (χ1v) is 14.3. The standard InChI is InChI=1S/C31H30N4O4S/c1-19(2)32-26(36)16-34-27(37)17-40-30(22-12-13-24-25(15-22)39-18-38-24)28-29(21-9-5-4-6-10-21)33-35(31(28)34)23-11-7-8-20(3)14-23/h4-15,19,30H,16-18H2,1-3H3,(H,32,36). The van der Waals surface area contributed by atoms with Crippen LogP contribution in [0.3, 0.4) is 0 Å². The number of thioether (sulfide) groups is 1. The minimum Gasteiger partial charge on any atom is -0.454 e. The molecule has 1 atom stereocenters. The van der Waals surface area contributed by atoms with Crippen LogP contribution in [0.25, 0.3) is 16.9 Å². The molecule has 0 spiro atoms. The van der Waals surface area contributed by atoms with Crippen LogP contribution in [0.2, 0.25) is 0 Å². The maximum Gasteiger partial charge on any atom is 0.240 e. The monoisotopic (exact) mass is 554 g/mol. The van der Waals surface area contributed by atoms with E-state index >= 15 is 0 Å². The van der Waals surface area contributed by atoms with E-state index < -0.39 is 0 Å². The smallest absolute Gasteiger partial charge is 0.240 e. The molecule has 1 N–H and O–H groups in total. The van der Waals surface area contributed by atoms with Gasteiger partial charge in [-0.05, 0) is 56.2 Å². The average molecular weight is 555 g/mol. The number of hydrogen-bond donors (Lipinski definition) is 1. The number of rotatable bonds is 6. The molecule has 0 saturated heterocycles. The van der Waals surface area contributed by atoms with Gasteiger partial charge in [-0.3, -0.25) is 14.5 Å². The molecular formula is C31H30N4O4S. The third kappa shape index (κ3) is 4.93. The van der Waals surface area contributed by atoms with Crippen LogP contribution in [0.4, 0.5) is 5.82 Å². The van der Waals surface area contributed by atoms with Crippen LogP contribution in [0.15, 0.2) is 72.8 Å². The van der Waals surface area contributed by atoms with Gasteiger partial charge in [-0.1, -0.05) is 48.5 Å². The summed E-state index contributed by atoms with van der Waals surface area (Å²) < 4.78 is 13.1. The van der Waals surface area contributed by atoms with E-state index in [1.54, 1.807) is 4.90 Å². The molecule has 0 aliphatic carbocycles. The van der Waals surface area contributed by atoms with E-state index in [2.05, 4.69) is 5.32 Å². The first-order chi connectivity index (χ1) is 19.4. The maximum absolute atomic E-state index is 13.8. The van der Waals surface area contributed by atoms with Gasteiger partial charge in [0, 0.05) is 17.2 Å². The highest BCUT2D eigenvalue weighted by Crippen LogP contribution is 2.50. The molecule has 0 bridgehead atoms. The highest BCUT2D eigenvalue weighted by Gasteiger charge is 2.38. The summed E-state index contributed by atoms with van der Waals surface area (Å²) in [6.07, 6.45) is 0. The largest absolute Gasteiger partial charge is 0.454 e. The SMILES string of the molecule is Cc1cccc(-n2nc(-c3ccccc3)c3c2N(CC(=O)NC(C)C)C(=O)CSC3c2ccc3c(c2)OCO3)c1. The van der Waals surface area contributed by atoms with Gasteiger partial charge in [-0.15, -0.1) is 11.8 Å². The molecule has 9 heteroatoms. The summed E-state index contributed by atoms with van der Waals surface area (Å²) in [4.78, 5) is 28.5. The first-order valence-electron chi connectivity index (χ1n) is 13.3. The predicted octanol–water partition coefficient (Wildman–Crippen LogP) is 5.27. The molecule has 204 valence electrons. The molecule has 0 fully saturated rings. The molecule has 0 radical (unpaired) electrons. The van der Waals surface area contributed by atoms with Crippen molar-refractivity contribution in [1.82, 2.24) is 15.1 Å². The summed E-state index contributed by atoms with van der Waals surface area (Å²) in [6.45, 7) is 5.91. The lowest BCUT2D eigenvalue weighted by Crippen LogP contribution is -2.44. The zero-order valence-electron chi connectivity index (χ0n) is 22.6. The Morgan fingerprint density at radius 1 is 1.05 bits per heavy atom. The number of aryl methyl sites for hydroxylation is 1. The van der Waals surface area contributed by atoms with Crippen molar-refractivity contribution in [2.45, 2.75) is 32.1 Å². The summed E-state index contributed by atoms with van der Waals surface area (Å²) in [7, 11) is 0. The molecule has 1 aromatic heterocycles. The van der Waals surface area contributed by atoms with E-state index in [-0.39, 0.29) is 42.2 Å². The quantitative estimate of drug-likeness (QED) is 0.350. The Hall–Kier alpha value is -4.24. The molecule has 1 unspecified atom stereocenters. The lowest BCUT2D eigenvalue weighted by atomic mass is 9.99. The molecule has 0 saturated carbocycles. The fourth-order valence-corrected chi connectivity index (χ4v) is 6.31. The fourth-order valence-electron chi connectivity index (χ4n) is 5.12. The van der Waals surface area contributed by atoms with E-state index in [9.17, 15) is 9.59 Å². The third-order valence-electron chi connectivity index (χ3n) is 6.83. The Morgan fingerprint density at radius 3 is 2.62 bits per heavy atom. The Labute approximate surface area is 237 Å². The van der Waals surface area contributed by atoms with Crippen molar-refractivity contribution in [3.8, 4) is 28.4 Å². The van der Waals surface area contributed by atoms with Gasteiger partial charge in [0.05, 0.1) is 22.4 Å². The molecule has 40 heavy (non-hydrogen) atoms.